The third-order valence-electron chi connectivity index (χ3n) is 14.0. The van der Waals surface area contributed by atoms with Gasteiger partial charge in [0.1, 0.15) is 11.2 Å². The molecule has 0 unspecified atom stereocenters. The van der Waals surface area contributed by atoms with E-state index in [1.165, 1.54) is 98.3 Å². The van der Waals surface area contributed by atoms with Crippen LogP contribution in [0.25, 0.3) is 137 Å². The van der Waals surface area contributed by atoms with Crippen LogP contribution in [0, 0.1) is 0 Å². The van der Waals surface area contributed by atoms with Gasteiger partial charge in [0.2, 0.25) is 0 Å². The van der Waals surface area contributed by atoms with Crippen LogP contribution in [0.3, 0.4) is 0 Å². The molecular weight excluding hydrogens is 799 g/mol. The van der Waals surface area contributed by atoms with E-state index in [1.54, 1.807) is 0 Å². The average Bonchev–Trinajstić information content (AvgIpc) is 3.93. The number of benzene rings is 12. The molecule has 2 heteroatoms. The fourth-order valence-corrected chi connectivity index (χ4v) is 11.2. The first kappa shape index (κ1) is 36.7. The summed E-state index contributed by atoms with van der Waals surface area (Å²) in [5.74, 6) is 0. The molecule has 66 heavy (non-hydrogen) atoms. The fourth-order valence-electron chi connectivity index (χ4n) is 11.2. The van der Waals surface area contributed by atoms with E-state index < -0.39 is 0 Å². The molecular formula is C64H39NO. The predicted octanol–water partition coefficient (Wildman–Crippen LogP) is 18.0. The Morgan fingerprint density at radius 2 is 0.667 bits per heavy atom. The van der Waals surface area contributed by atoms with Gasteiger partial charge in [-0.2, -0.15) is 0 Å². The standard InChI is InChI=1S/C64H39NO/c1-2-18-40(19-3-1)60-51-28-8-10-30-53(51)63(54-31-11-9-29-52(54)60)56-33-17-32-55-46-37-36-42(39-59(46)66-64(55)56)62-49-26-6-4-24-47(49)61(48-25-5-7-27-50(48)62)41-20-16-21-43(38-41)65-57-34-14-12-22-44(57)45-23-13-15-35-58(45)65/h1-39H. The summed E-state index contributed by atoms with van der Waals surface area (Å²) in [7, 11) is 0. The lowest BCUT2D eigenvalue weighted by atomic mass is 9.85. The molecule has 2 heterocycles. The zero-order chi connectivity index (χ0) is 43.3. The predicted molar refractivity (Wildman–Crippen MR) is 280 cm³/mol. The third kappa shape index (κ3) is 5.36. The maximum absolute atomic E-state index is 7.14. The Morgan fingerprint density at radius 3 is 1.21 bits per heavy atom. The Labute approximate surface area is 380 Å². The van der Waals surface area contributed by atoms with Crippen molar-refractivity contribution in [2.75, 3.05) is 0 Å². The number of hydrogen-bond donors (Lipinski definition) is 0. The molecule has 0 atom stereocenters. The van der Waals surface area contributed by atoms with Crippen LogP contribution in [0.4, 0.5) is 0 Å². The molecule has 0 saturated heterocycles. The molecule has 14 rings (SSSR count). The molecule has 0 fully saturated rings. The van der Waals surface area contributed by atoms with Crippen molar-refractivity contribution in [2.45, 2.75) is 0 Å². The van der Waals surface area contributed by atoms with Crippen molar-refractivity contribution in [3.63, 3.8) is 0 Å². The first-order chi connectivity index (χ1) is 32.8. The highest BCUT2D eigenvalue weighted by Gasteiger charge is 2.22. The molecule has 14 aromatic rings. The van der Waals surface area contributed by atoms with Gasteiger partial charge in [0.15, 0.2) is 0 Å². The van der Waals surface area contributed by atoms with E-state index in [4.69, 9.17) is 4.42 Å². The van der Waals surface area contributed by atoms with Crippen molar-refractivity contribution < 1.29 is 4.42 Å². The van der Waals surface area contributed by atoms with Crippen LogP contribution in [0.2, 0.25) is 0 Å². The minimum Gasteiger partial charge on any atom is -0.455 e. The molecule has 0 aliphatic rings. The molecule has 0 amide bonds. The van der Waals surface area contributed by atoms with Crippen molar-refractivity contribution in [3.8, 4) is 50.2 Å². The number of hydrogen-bond acceptors (Lipinski definition) is 1. The van der Waals surface area contributed by atoms with Crippen LogP contribution in [-0.4, -0.2) is 4.57 Å². The van der Waals surface area contributed by atoms with E-state index >= 15 is 0 Å². The number of rotatable bonds is 5. The number of furan rings is 1. The number of para-hydroxylation sites is 3. The first-order valence-electron chi connectivity index (χ1n) is 22.8. The normalized spacial score (nSPS) is 11.9. The van der Waals surface area contributed by atoms with Gasteiger partial charge >= 0.3 is 0 Å². The maximum atomic E-state index is 7.14. The number of fused-ring (bicyclic) bond motifs is 10. The van der Waals surface area contributed by atoms with E-state index in [0.717, 1.165) is 38.8 Å². The smallest absolute Gasteiger partial charge is 0.143 e. The summed E-state index contributed by atoms with van der Waals surface area (Å²) in [6, 6.07) is 86.3. The number of aromatic nitrogens is 1. The maximum Gasteiger partial charge on any atom is 0.143 e. The van der Waals surface area contributed by atoms with Gasteiger partial charge in [-0.3, -0.25) is 0 Å². The van der Waals surface area contributed by atoms with Gasteiger partial charge in [0, 0.05) is 38.4 Å². The molecule has 0 N–H and O–H groups in total. The molecule has 2 nitrogen and oxygen atoms in total. The lowest BCUT2D eigenvalue weighted by molar-refractivity contribution is 0.670. The average molecular weight is 838 g/mol. The Bertz CT molecular complexity index is 4120. The van der Waals surface area contributed by atoms with Crippen LogP contribution in [0.15, 0.2) is 241 Å². The molecule has 0 spiro atoms. The summed E-state index contributed by atoms with van der Waals surface area (Å²) in [5.41, 5.74) is 14.9. The lowest BCUT2D eigenvalue weighted by Gasteiger charge is -2.18. The summed E-state index contributed by atoms with van der Waals surface area (Å²) >= 11 is 0. The van der Waals surface area contributed by atoms with Gasteiger partial charge in [-0.05, 0) is 113 Å². The van der Waals surface area contributed by atoms with Crippen LogP contribution < -0.4 is 0 Å². The van der Waals surface area contributed by atoms with Crippen LogP contribution in [0.5, 0.6) is 0 Å². The monoisotopic (exact) mass is 837 g/mol. The van der Waals surface area contributed by atoms with Gasteiger partial charge < -0.3 is 8.98 Å². The topological polar surface area (TPSA) is 18.1 Å². The van der Waals surface area contributed by atoms with Crippen molar-refractivity contribution >= 4 is 86.8 Å². The lowest BCUT2D eigenvalue weighted by Crippen LogP contribution is -1.95. The molecule has 0 aliphatic carbocycles. The number of nitrogens with zero attached hydrogens (tertiary/aromatic N) is 1. The van der Waals surface area contributed by atoms with Crippen LogP contribution >= 0.6 is 0 Å². The zero-order valence-electron chi connectivity index (χ0n) is 35.9. The second-order valence-electron chi connectivity index (χ2n) is 17.5. The third-order valence-corrected chi connectivity index (χ3v) is 14.0. The largest absolute Gasteiger partial charge is 0.455 e. The molecule has 0 saturated carbocycles. The van der Waals surface area contributed by atoms with Crippen molar-refractivity contribution in [2.24, 2.45) is 0 Å². The summed E-state index contributed by atoms with van der Waals surface area (Å²) in [6.45, 7) is 0. The molecule has 306 valence electrons. The zero-order valence-corrected chi connectivity index (χ0v) is 35.9. The van der Waals surface area contributed by atoms with Gasteiger partial charge in [0.25, 0.3) is 0 Å². The summed E-state index contributed by atoms with van der Waals surface area (Å²) in [4.78, 5) is 0. The SMILES string of the molecule is c1ccc(-c2c3ccccc3c(-c3cccc4c3oc3cc(-c5c6ccccc6c(-c6cccc(-n7c8ccccc8c8ccccc87)c6)c6ccccc56)ccc34)c3ccccc23)cc1. The Balaban J connectivity index is 0.968. The molecule has 2 aromatic heterocycles. The van der Waals surface area contributed by atoms with E-state index in [-0.39, 0.29) is 0 Å². The van der Waals surface area contributed by atoms with E-state index in [9.17, 15) is 0 Å². The molecule has 0 aliphatic heterocycles. The first-order valence-corrected chi connectivity index (χ1v) is 22.8. The minimum absolute atomic E-state index is 0.876. The van der Waals surface area contributed by atoms with E-state index in [2.05, 4.69) is 241 Å². The molecule has 12 aromatic carbocycles. The van der Waals surface area contributed by atoms with E-state index in [0.29, 0.717) is 0 Å². The second-order valence-corrected chi connectivity index (χ2v) is 17.5. The van der Waals surface area contributed by atoms with Gasteiger partial charge in [-0.15, -0.1) is 0 Å². The van der Waals surface area contributed by atoms with Crippen molar-refractivity contribution in [3.05, 3.63) is 237 Å². The van der Waals surface area contributed by atoms with Gasteiger partial charge in [-0.25, -0.2) is 0 Å². The fraction of sp³-hybridized carbons (Fsp3) is 0. The Morgan fingerprint density at radius 1 is 0.258 bits per heavy atom. The van der Waals surface area contributed by atoms with Gasteiger partial charge in [0.05, 0.1) is 11.0 Å². The molecule has 0 bridgehead atoms. The quantitative estimate of drug-likeness (QED) is 0.158. The van der Waals surface area contributed by atoms with Gasteiger partial charge in [-0.1, -0.05) is 200 Å². The summed E-state index contributed by atoms with van der Waals surface area (Å²) in [5, 5.41) is 14.5. The highest BCUT2D eigenvalue weighted by atomic mass is 16.3. The Hall–Kier alpha value is -8.72. The Kier molecular flexibility index (Phi) is 8.02. The minimum atomic E-state index is 0.876. The summed E-state index contributed by atoms with van der Waals surface area (Å²) in [6.07, 6.45) is 0. The summed E-state index contributed by atoms with van der Waals surface area (Å²) < 4.78 is 9.55. The second kappa shape index (κ2) is 14.4. The molecule has 0 radical (unpaired) electrons. The highest BCUT2D eigenvalue weighted by Crippen LogP contribution is 2.49. The van der Waals surface area contributed by atoms with Crippen LogP contribution in [-0.2, 0) is 0 Å². The van der Waals surface area contributed by atoms with Crippen LogP contribution in [0.1, 0.15) is 0 Å². The van der Waals surface area contributed by atoms with E-state index in [1.807, 2.05) is 0 Å². The van der Waals surface area contributed by atoms with Crippen molar-refractivity contribution in [1.82, 2.24) is 4.57 Å². The van der Waals surface area contributed by atoms with Crippen molar-refractivity contribution in [1.29, 1.82) is 0 Å². The highest BCUT2D eigenvalue weighted by molar-refractivity contribution is 6.25.